The lowest BCUT2D eigenvalue weighted by Crippen LogP contribution is -2.35. The van der Waals surface area contributed by atoms with Crippen LogP contribution < -0.4 is 4.74 Å². The summed E-state index contributed by atoms with van der Waals surface area (Å²) in [6, 6.07) is 14.3. The summed E-state index contributed by atoms with van der Waals surface area (Å²) in [4.78, 5) is 14.1. The topological polar surface area (TPSA) is 73.6 Å². The first-order valence-corrected chi connectivity index (χ1v) is 7.93. The molecule has 0 aromatic heterocycles. The molecule has 0 saturated carbocycles. The molecule has 1 amide bonds. The molecule has 3 rings (SSSR count). The minimum atomic E-state index is -0.634. The summed E-state index contributed by atoms with van der Waals surface area (Å²) >= 11 is 0. The van der Waals surface area contributed by atoms with Gasteiger partial charge in [0.2, 0.25) is 0 Å². The molecular weight excluding hydrogens is 323 g/mol. The van der Waals surface area contributed by atoms with Gasteiger partial charge in [0.1, 0.15) is 17.6 Å². The van der Waals surface area contributed by atoms with Crippen molar-refractivity contribution >= 4 is 5.91 Å². The van der Waals surface area contributed by atoms with Crippen LogP contribution in [0.2, 0.25) is 0 Å². The summed E-state index contributed by atoms with van der Waals surface area (Å²) in [5, 5.41) is 19.0. The van der Waals surface area contributed by atoms with Gasteiger partial charge in [-0.1, -0.05) is 24.3 Å². The van der Waals surface area contributed by atoms with E-state index < -0.39 is 6.10 Å². The standard InChI is InChI=1S/C19H17FN2O3/c20-15-7-5-13(6-8-15)17-9-16(23)11-22(17)19(24)12-25-18-4-2-1-3-14(18)10-21/h1-8,16-17,23H,9,11-12H2. The van der Waals surface area contributed by atoms with E-state index in [0.29, 0.717) is 17.7 Å². The summed E-state index contributed by atoms with van der Waals surface area (Å²) in [7, 11) is 0. The molecule has 2 aromatic carbocycles. The molecule has 1 N–H and O–H groups in total. The van der Waals surface area contributed by atoms with Crippen molar-refractivity contribution in [3.63, 3.8) is 0 Å². The molecule has 5 nitrogen and oxygen atoms in total. The molecular formula is C19H17FN2O3. The zero-order valence-corrected chi connectivity index (χ0v) is 13.4. The second kappa shape index (κ2) is 7.32. The quantitative estimate of drug-likeness (QED) is 0.928. The predicted octanol–water partition coefficient (Wildman–Crippen LogP) is 2.41. The highest BCUT2D eigenvalue weighted by Gasteiger charge is 2.35. The maximum Gasteiger partial charge on any atom is 0.261 e. The van der Waals surface area contributed by atoms with Crippen molar-refractivity contribution in [1.82, 2.24) is 4.90 Å². The lowest BCUT2D eigenvalue weighted by Gasteiger charge is -2.25. The van der Waals surface area contributed by atoms with Crippen molar-refractivity contribution in [1.29, 1.82) is 5.26 Å². The molecule has 1 aliphatic heterocycles. The van der Waals surface area contributed by atoms with Crippen LogP contribution in [0, 0.1) is 17.1 Å². The normalized spacial score (nSPS) is 19.5. The van der Waals surface area contributed by atoms with E-state index in [1.165, 1.54) is 17.0 Å². The zero-order valence-electron chi connectivity index (χ0n) is 13.4. The minimum Gasteiger partial charge on any atom is -0.482 e. The number of ether oxygens (including phenoxy) is 1. The van der Waals surface area contributed by atoms with E-state index in [9.17, 15) is 14.3 Å². The van der Waals surface area contributed by atoms with Gasteiger partial charge >= 0.3 is 0 Å². The van der Waals surface area contributed by atoms with E-state index >= 15 is 0 Å². The summed E-state index contributed by atoms with van der Waals surface area (Å²) in [5.41, 5.74) is 1.12. The number of β-amino-alcohol motifs (C(OH)–C–C–N with tert-alkyl or cyclic N) is 1. The number of likely N-dealkylation sites (tertiary alicyclic amines) is 1. The maximum absolute atomic E-state index is 13.1. The van der Waals surface area contributed by atoms with Crippen molar-refractivity contribution in [3.05, 3.63) is 65.5 Å². The molecule has 128 valence electrons. The van der Waals surface area contributed by atoms with E-state index in [-0.39, 0.29) is 30.9 Å². The van der Waals surface area contributed by atoms with Gasteiger partial charge in [-0.2, -0.15) is 5.26 Å². The Morgan fingerprint density at radius 2 is 2.00 bits per heavy atom. The molecule has 1 heterocycles. The first-order chi connectivity index (χ1) is 12.1. The smallest absolute Gasteiger partial charge is 0.261 e. The van der Waals surface area contributed by atoms with Crippen molar-refractivity contribution in [2.24, 2.45) is 0 Å². The van der Waals surface area contributed by atoms with Crippen molar-refractivity contribution in [3.8, 4) is 11.8 Å². The fourth-order valence-corrected chi connectivity index (χ4v) is 3.00. The number of carbonyl (C=O) groups excluding carboxylic acids is 1. The molecule has 6 heteroatoms. The Labute approximate surface area is 144 Å². The van der Waals surface area contributed by atoms with Crippen LogP contribution in [0.15, 0.2) is 48.5 Å². The largest absolute Gasteiger partial charge is 0.482 e. The summed E-state index contributed by atoms with van der Waals surface area (Å²) in [6.07, 6.45) is -0.239. The molecule has 0 spiro atoms. The van der Waals surface area contributed by atoms with Gasteiger partial charge in [0.25, 0.3) is 5.91 Å². The second-order valence-corrected chi connectivity index (χ2v) is 5.90. The summed E-state index contributed by atoms with van der Waals surface area (Å²) < 4.78 is 18.6. The molecule has 1 saturated heterocycles. The van der Waals surface area contributed by atoms with Gasteiger partial charge in [-0.15, -0.1) is 0 Å². The highest BCUT2D eigenvalue weighted by molar-refractivity contribution is 5.78. The Hall–Kier alpha value is -2.91. The molecule has 2 atom stereocenters. The van der Waals surface area contributed by atoms with Gasteiger partial charge < -0.3 is 14.7 Å². The third kappa shape index (κ3) is 3.78. The fourth-order valence-electron chi connectivity index (χ4n) is 3.00. The number of halogens is 1. The molecule has 1 aliphatic rings. The average Bonchev–Trinajstić information content (AvgIpc) is 3.02. The number of aliphatic hydroxyl groups excluding tert-OH is 1. The predicted molar refractivity (Wildman–Crippen MR) is 88.1 cm³/mol. The summed E-state index contributed by atoms with van der Waals surface area (Å²) in [5.74, 6) is -0.299. The Morgan fingerprint density at radius 1 is 1.28 bits per heavy atom. The number of amides is 1. The summed E-state index contributed by atoms with van der Waals surface area (Å²) in [6.45, 7) is -0.0345. The zero-order chi connectivity index (χ0) is 17.8. The van der Waals surface area contributed by atoms with Gasteiger partial charge in [0.05, 0.1) is 17.7 Å². The van der Waals surface area contributed by atoms with Gasteiger partial charge in [-0.3, -0.25) is 4.79 Å². The fraction of sp³-hybridized carbons (Fsp3) is 0.263. The van der Waals surface area contributed by atoms with Gasteiger partial charge in [-0.25, -0.2) is 4.39 Å². The Bertz CT molecular complexity index is 801. The number of nitriles is 1. The molecule has 2 aromatic rings. The number of hydrogen-bond acceptors (Lipinski definition) is 4. The van der Waals surface area contributed by atoms with Crippen molar-refractivity contribution < 1.29 is 19.0 Å². The minimum absolute atomic E-state index is 0.199. The van der Waals surface area contributed by atoms with Gasteiger partial charge in [0.15, 0.2) is 6.61 Å². The molecule has 2 unspecified atom stereocenters. The molecule has 1 fully saturated rings. The lowest BCUT2D eigenvalue weighted by atomic mass is 10.0. The monoisotopic (exact) mass is 340 g/mol. The van der Waals surface area contributed by atoms with Crippen LogP contribution in [0.1, 0.15) is 23.6 Å². The number of carbonyl (C=O) groups is 1. The van der Waals surface area contributed by atoms with E-state index in [1.54, 1.807) is 36.4 Å². The third-order valence-electron chi connectivity index (χ3n) is 4.21. The number of aliphatic hydroxyl groups is 1. The molecule has 0 bridgehead atoms. The van der Waals surface area contributed by atoms with E-state index in [0.717, 1.165) is 5.56 Å². The van der Waals surface area contributed by atoms with Crippen LogP contribution in [0.5, 0.6) is 5.75 Å². The van der Waals surface area contributed by atoms with Crippen LogP contribution in [0.4, 0.5) is 4.39 Å². The average molecular weight is 340 g/mol. The Balaban J connectivity index is 1.71. The number of benzene rings is 2. The van der Waals surface area contributed by atoms with E-state index in [1.807, 2.05) is 6.07 Å². The third-order valence-corrected chi connectivity index (χ3v) is 4.21. The lowest BCUT2D eigenvalue weighted by molar-refractivity contribution is -0.134. The van der Waals surface area contributed by atoms with E-state index in [4.69, 9.17) is 10.00 Å². The van der Waals surface area contributed by atoms with Crippen LogP contribution in [-0.4, -0.2) is 35.2 Å². The first-order valence-electron chi connectivity index (χ1n) is 7.93. The number of hydrogen-bond donors (Lipinski definition) is 1. The highest BCUT2D eigenvalue weighted by atomic mass is 19.1. The highest BCUT2D eigenvalue weighted by Crippen LogP contribution is 2.32. The number of nitrogens with zero attached hydrogens (tertiary/aromatic N) is 2. The Kier molecular flexibility index (Phi) is 4.96. The number of rotatable bonds is 4. The van der Waals surface area contributed by atoms with E-state index in [2.05, 4.69) is 0 Å². The van der Waals surface area contributed by atoms with Crippen LogP contribution in [0.25, 0.3) is 0 Å². The molecule has 0 radical (unpaired) electrons. The van der Waals surface area contributed by atoms with Crippen LogP contribution >= 0.6 is 0 Å². The van der Waals surface area contributed by atoms with Crippen LogP contribution in [-0.2, 0) is 4.79 Å². The first kappa shape index (κ1) is 16.9. The van der Waals surface area contributed by atoms with Gasteiger partial charge in [-0.05, 0) is 36.2 Å². The maximum atomic E-state index is 13.1. The molecule has 25 heavy (non-hydrogen) atoms. The second-order valence-electron chi connectivity index (χ2n) is 5.90. The van der Waals surface area contributed by atoms with Crippen molar-refractivity contribution in [2.75, 3.05) is 13.2 Å². The molecule has 0 aliphatic carbocycles. The van der Waals surface area contributed by atoms with Gasteiger partial charge in [0, 0.05) is 6.54 Å². The number of para-hydroxylation sites is 1. The van der Waals surface area contributed by atoms with Crippen LogP contribution in [0.3, 0.4) is 0 Å². The SMILES string of the molecule is N#Cc1ccccc1OCC(=O)N1CC(O)CC1c1ccc(F)cc1. The Morgan fingerprint density at radius 3 is 2.72 bits per heavy atom. The van der Waals surface area contributed by atoms with Crippen molar-refractivity contribution in [2.45, 2.75) is 18.6 Å².